The number of alkyl carbamates (subject to hydrolysis) is 1. The lowest BCUT2D eigenvalue weighted by atomic mass is 9.98. The van der Waals surface area contributed by atoms with Crippen molar-refractivity contribution in [2.75, 3.05) is 13.7 Å². The van der Waals surface area contributed by atoms with Crippen LogP contribution >= 0.6 is 0 Å². The first-order valence-electron chi connectivity index (χ1n) is 10.8. The molecular formula is C24H25N5O5. The molecule has 0 saturated heterocycles. The number of rotatable bonds is 8. The lowest BCUT2D eigenvalue weighted by Crippen LogP contribution is -2.48. The number of benzene rings is 2. The number of ether oxygens (including phenoxy) is 1. The van der Waals surface area contributed by atoms with Crippen LogP contribution in [0.1, 0.15) is 29.2 Å². The zero-order valence-electron chi connectivity index (χ0n) is 18.8. The van der Waals surface area contributed by atoms with E-state index in [9.17, 15) is 19.5 Å². The minimum Gasteiger partial charge on any atom is -0.481 e. The summed E-state index contributed by atoms with van der Waals surface area (Å²) >= 11 is 0. The molecule has 10 nitrogen and oxygen atoms in total. The Morgan fingerprint density at radius 1 is 1.12 bits per heavy atom. The number of nitrogens with one attached hydrogen (secondary N) is 1. The number of aromatic nitrogens is 3. The number of aliphatic carboxylic acids is 1. The third-order valence-electron chi connectivity index (χ3n) is 5.74. The van der Waals surface area contributed by atoms with E-state index in [1.165, 1.54) is 16.6 Å². The monoisotopic (exact) mass is 463 g/mol. The number of fused-ring (bicyclic) bond motifs is 3. The number of carbonyl (C=O) groups is 3. The third kappa shape index (κ3) is 4.90. The molecule has 0 fully saturated rings. The van der Waals surface area contributed by atoms with Gasteiger partial charge in [0.15, 0.2) is 0 Å². The Bertz CT molecular complexity index is 1180. The van der Waals surface area contributed by atoms with Crippen LogP contribution in [-0.4, -0.2) is 62.7 Å². The Balaban J connectivity index is 1.41. The van der Waals surface area contributed by atoms with Crippen LogP contribution in [0.3, 0.4) is 0 Å². The predicted octanol–water partition coefficient (Wildman–Crippen LogP) is 2.16. The van der Waals surface area contributed by atoms with Gasteiger partial charge in [0.2, 0.25) is 5.91 Å². The molecule has 1 unspecified atom stereocenters. The molecule has 0 bridgehead atoms. The molecule has 0 aliphatic heterocycles. The van der Waals surface area contributed by atoms with Gasteiger partial charge in [0.05, 0.1) is 13.0 Å². The molecule has 2 amide bonds. The molecule has 1 aliphatic rings. The van der Waals surface area contributed by atoms with Crippen molar-refractivity contribution in [2.45, 2.75) is 24.9 Å². The van der Waals surface area contributed by atoms with E-state index in [0.717, 1.165) is 22.3 Å². The van der Waals surface area contributed by atoms with Gasteiger partial charge in [-0.25, -0.2) is 4.79 Å². The molecule has 0 radical (unpaired) electrons. The average Bonchev–Trinajstić information content (AvgIpc) is 3.37. The van der Waals surface area contributed by atoms with Gasteiger partial charge in [0.25, 0.3) is 0 Å². The van der Waals surface area contributed by atoms with Gasteiger partial charge in [-0.3, -0.25) is 14.3 Å². The molecule has 2 aromatic carbocycles. The van der Waals surface area contributed by atoms with Gasteiger partial charge in [-0.1, -0.05) is 53.7 Å². The van der Waals surface area contributed by atoms with Crippen LogP contribution < -0.4 is 5.32 Å². The first-order chi connectivity index (χ1) is 16.3. The Labute approximate surface area is 196 Å². The minimum absolute atomic E-state index is 0.0588. The van der Waals surface area contributed by atoms with Crippen molar-refractivity contribution in [3.05, 3.63) is 71.5 Å². The van der Waals surface area contributed by atoms with Gasteiger partial charge in [0.1, 0.15) is 18.3 Å². The van der Waals surface area contributed by atoms with Gasteiger partial charge in [-0.15, -0.1) is 5.10 Å². The SMILES string of the molecule is CN(Cc1cn(C)nn1)C(=O)C(CC(=O)O)NC(=O)OCC1c2ccccc2-c2ccccc21. The molecule has 0 saturated carbocycles. The smallest absolute Gasteiger partial charge is 0.407 e. The zero-order valence-corrected chi connectivity index (χ0v) is 18.8. The largest absolute Gasteiger partial charge is 0.481 e. The standard InChI is InChI=1S/C24H25N5O5/c1-28(12-15-13-29(2)27-26-15)23(32)21(11-22(30)31)25-24(33)34-14-20-18-9-5-3-7-16(18)17-8-4-6-10-19(17)20/h3-10,13,20-21H,11-12,14H2,1-2H3,(H,25,33)(H,30,31). The Hall–Kier alpha value is -4.21. The summed E-state index contributed by atoms with van der Waals surface area (Å²) in [6.07, 6.45) is 0.220. The fraction of sp³-hybridized carbons (Fsp3) is 0.292. The van der Waals surface area contributed by atoms with Crippen molar-refractivity contribution < 1.29 is 24.2 Å². The maximum absolute atomic E-state index is 12.9. The fourth-order valence-corrected chi connectivity index (χ4v) is 4.21. The molecule has 1 aliphatic carbocycles. The van der Waals surface area contributed by atoms with Crippen LogP contribution in [0, 0.1) is 0 Å². The Morgan fingerprint density at radius 2 is 1.74 bits per heavy atom. The number of nitrogens with zero attached hydrogens (tertiary/aromatic N) is 4. The number of aryl methyl sites for hydroxylation is 1. The second-order valence-corrected chi connectivity index (χ2v) is 8.20. The third-order valence-corrected chi connectivity index (χ3v) is 5.74. The maximum atomic E-state index is 12.9. The number of carbonyl (C=O) groups excluding carboxylic acids is 2. The molecule has 2 N–H and O–H groups in total. The molecule has 1 aromatic heterocycles. The Kier molecular flexibility index (Phi) is 6.58. The molecular weight excluding hydrogens is 438 g/mol. The van der Waals surface area contributed by atoms with Crippen LogP contribution in [0.15, 0.2) is 54.7 Å². The number of carboxylic acids is 1. The molecule has 1 heterocycles. The number of hydrogen-bond acceptors (Lipinski definition) is 6. The van der Waals surface area contributed by atoms with Gasteiger partial charge < -0.3 is 20.1 Å². The highest BCUT2D eigenvalue weighted by atomic mass is 16.5. The predicted molar refractivity (Wildman–Crippen MR) is 122 cm³/mol. The number of carboxylic acid groups (broad SMARTS) is 1. The van der Waals surface area contributed by atoms with E-state index in [4.69, 9.17) is 4.74 Å². The minimum atomic E-state index is -1.28. The number of amides is 2. The summed E-state index contributed by atoms with van der Waals surface area (Å²) < 4.78 is 6.96. The molecule has 1 atom stereocenters. The van der Waals surface area contributed by atoms with E-state index in [1.54, 1.807) is 13.2 Å². The van der Waals surface area contributed by atoms with Crippen LogP contribution in [0.25, 0.3) is 11.1 Å². The first-order valence-corrected chi connectivity index (χ1v) is 10.8. The summed E-state index contributed by atoms with van der Waals surface area (Å²) in [5, 5.41) is 19.4. The summed E-state index contributed by atoms with van der Waals surface area (Å²) in [6.45, 7) is 0.179. The van der Waals surface area contributed by atoms with Gasteiger partial charge in [0, 0.05) is 26.2 Å². The van der Waals surface area contributed by atoms with Crippen LogP contribution in [0.4, 0.5) is 4.79 Å². The van der Waals surface area contributed by atoms with Crippen molar-refractivity contribution in [3.8, 4) is 11.1 Å². The first kappa shape index (κ1) is 23.0. The number of hydrogen-bond donors (Lipinski definition) is 2. The van der Waals surface area contributed by atoms with Crippen LogP contribution in [0.5, 0.6) is 0 Å². The van der Waals surface area contributed by atoms with Crippen molar-refractivity contribution >= 4 is 18.0 Å². The second-order valence-electron chi connectivity index (χ2n) is 8.20. The summed E-state index contributed by atoms with van der Waals surface area (Å²) in [5.74, 6) is -1.93. The highest BCUT2D eigenvalue weighted by Gasteiger charge is 2.31. The molecule has 10 heteroatoms. The molecule has 176 valence electrons. The molecule has 0 spiro atoms. The quantitative estimate of drug-likeness (QED) is 0.524. The van der Waals surface area contributed by atoms with E-state index in [0.29, 0.717) is 5.69 Å². The highest BCUT2D eigenvalue weighted by molar-refractivity contribution is 5.89. The Morgan fingerprint density at radius 3 is 2.29 bits per heavy atom. The van der Waals surface area contributed by atoms with E-state index >= 15 is 0 Å². The van der Waals surface area contributed by atoms with E-state index in [2.05, 4.69) is 15.6 Å². The topological polar surface area (TPSA) is 127 Å². The summed E-state index contributed by atoms with van der Waals surface area (Å²) in [7, 11) is 3.20. The van der Waals surface area contributed by atoms with E-state index in [-0.39, 0.29) is 19.1 Å². The maximum Gasteiger partial charge on any atom is 0.407 e. The second kappa shape index (κ2) is 9.74. The summed E-state index contributed by atoms with van der Waals surface area (Å²) in [4.78, 5) is 38.1. The number of likely N-dealkylation sites (N-methyl/N-ethyl adjacent to an activating group) is 1. The van der Waals surface area contributed by atoms with Crippen molar-refractivity contribution in [1.82, 2.24) is 25.2 Å². The van der Waals surface area contributed by atoms with E-state index < -0.39 is 30.4 Å². The molecule has 4 rings (SSSR count). The highest BCUT2D eigenvalue weighted by Crippen LogP contribution is 2.44. The van der Waals surface area contributed by atoms with Gasteiger partial charge in [-0.2, -0.15) is 0 Å². The van der Waals surface area contributed by atoms with Crippen molar-refractivity contribution in [1.29, 1.82) is 0 Å². The lowest BCUT2D eigenvalue weighted by molar-refractivity contribution is -0.142. The van der Waals surface area contributed by atoms with E-state index in [1.807, 2.05) is 48.5 Å². The van der Waals surface area contributed by atoms with Gasteiger partial charge in [-0.05, 0) is 22.3 Å². The molecule has 34 heavy (non-hydrogen) atoms. The zero-order chi connectivity index (χ0) is 24.2. The van der Waals surface area contributed by atoms with Crippen molar-refractivity contribution in [3.63, 3.8) is 0 Å². The fourth-order valence-electron chi connectivity index (χ4n) is 4.21. The normalized spacial score (nSPS) is 13.0. The van der Waals surface area contributed by atoms with Crippen molar-refractivity contribution in [2.24, 2.45) is 7.05 Å². The lowest BCUT2D eigenvalue weighted by Gasteiger charge is -2.23. The average molecular weight is 463 g/mol. The van der Waals surface area contributed by atoms with Crippen LogP contribution in [-0.2, 0) is 27.9 Å². The van der Waals surface area contributed by atoms with Crippen LogP contribution in [0.2, 0.25) is 0 Å². The summed E-state index contributed by atoms with van der Waals surface area (Å²) in [5.41, 5.74) is 4.83. The summed E-state index contributed by atoms with van der Waals surface area (Å²) in [6, 6.07) is 14.6. The molecule has 3 aromatic rings. The van der Waals surface area contributed by atoms with Gasteiger partial charge >= 0.3 is 12.1 Å².